The molecule has 1 aromatic carbocycles. The molecule has 19 heavy (non-hydrogen) atoms. The van der Waals surface area contributed by atoms with E-state index in [1.54, 1.807) is 12.1 Å². The maximum atomic E-state index is 10.7. The van der Waals surface area contributed by atoms with Crippen molar-refractivity contribution in [3.8, 4) is 11.3 Å². The van der Waals surface area contributed by atoms with Crippen LogP contribution >= 0.6 is 0 Å². The minimum Gasteiger partial charge on any atom is -0.460 e. The largest absolute Gasteiger partial charge is 0.460 e. The highest BCUT2D eigenvalue weighted by atomic mass is 16.6. The molecule has 1 aromatic heterocycles. The van der Waals surface area contributed by atoms with Crippen molar-refractivity contribution in [2.75, 3.05) is 0 Å². The van der Waals surface area contributed by atoms with Gasteiger partial charge >= 0.3 is 0 Å². The summed E-state index contributed by atoms with van der Waals surface area (Å²) in [4.78, 5) is 10.3. The molecule has 1 heterocycles. The van der Waals surface area contributed by atoms with Gasteiger partial charge in [0.15, 0.2) is 0 Å². The van der Waals surface area contributed by atoms with Gasteiger partial charge in [0.25, 0.3) is 5.69 Å². The highest BCUT2D eigenvalue weighted by molar-refractivity contribution is 5.61. The molecule has 0 fully saturated rings. The van der Waals surface area contributed by atoms with Crippen LogP contribution in [0.3, 0.4) is 0 Å². The predicted molar refractivity (Wildman–Crippen MR) is 72.8 cm³/mol. The minimum atomic E-state index is -0.409. The van der Waals surface area contributed by atoms with Crippen LogP contribution in [0.4, 0.5) is 5.69 Å². The average Bonchev–Trinajstić information content (AvgIpc) is 2.85. The Balaban J connectivity index is 2.18. The molecular formula is C14H16N2O3. The molecule has 2 aromatic rings. The Kier molecular flexibility index (Phi) is 3.97. The van der Waals surface area contributed by atoms with Crippen LogP contribution in [0.5, 0.6) is 0 Å². The van der Waals surface area contributed by atoms with E-state index < -0.39 is 4.92 Å². The normalized spacial score (nSPS) is 10.9. The molecule has 0 amide bonds. The second kappa shape index (κ2) is 5.67. The monoisotopic (exact) mass is 260 g/mol. The molecule has 2 rings (SSSR count). The average molecular weight is 260 g/mol. The maximum Gasteiger partial charge on any atom is 0.270 e. The van der Waals surface area contributed by atoms with Crippen molar-refractivity contribution >= 4 is 5.69 Å². The van der Waals surface area contributed by atoms with Crippen LogP contribution < -0.4 is 5.32 Å². The lowest BCUT2D eigenvalue weighted by Gasteiger charge is -2.05. The van der Waals surface area contributed by atoms with Crippen LogP contribution in [0.15, 0.2) is 40.8 Å². The summed E-state index contributed by atoms with van der Waals surface area (Å²) in [6, 6.07) is 10.5. The number of nitrogens with zero attached hydrogens (tertiary/aromatic N) is 1. The first-order valence-electron chi connectivity index (χ1n) is 6.13. The van der Waals surface area contributed by atoms with Gasteiger partial charge in [0, 0.05) is 23.7 Å². The second-order valence-corrected chi connectivity index (χ2v) is 4.61. The van der Waals surface area contributed by atoms with E-state index in [0.717, 1.165) is 5.76 Å². The van der Waals surface area contributed by atoms with E-state index in [4.69, 9.17) is 4.42 Å². The molecule has 0 saturated heterocycles. The fourth-order valence-corrected chi connectivity index (χ4v) is 1.71. The number of non-ortho nitro benzene ring substituents is 1. The number of benzene rings is 1. The van der Waals surface area contributed by atoms with Gasteiger partial charge < -0.3 is 9.73 Å². The van der Waals surface area contributed by atoms with Crippen molar-refractivity contribution in [3.05, 3.63) is 52.3 Å². The third-order valence-electron chi connectivity index (χ3n) is 2.69. The minimum absolute atomic E-state index is 0.0655. The zero-order valence-corrected chi connectivity index (χ0v) is 10.9. The van der Waals surface area contributed by atoms with E-state index in [-0.39, 0.29) is 5.69 Å². The lowest BCUT2D eigenvalue weighted by atomic mass is 10.1. The molecule has 0 saturated carbocycles. The fraction of sp³-hybridized carbons (Fsp3) is 0.286. The summed E-state index contributed by atoms with van der Waals surface area (Å²) in [6.45, 7) is 4.77. The van der Waals surface area contributed by atoms with Crippen molar-refractivity contribution in [2.45, 2.75) is 26.4 Å². The number of rotatable bonds is 5. The Morgan fingerprint density at radius 1 is 1.32 bits per heavy atom. The van der Waals surface area contributed by atoms with Crippen LogP contribution in [-0.2, 0) is 6.54 Å². The molecule has 0 spiro atoms. The van der Waals surface area contributed by atoms with Gasteiger partial charge in [-0.1, -0.05) is 26.0 Å². The highest BCUT2D eigenvalue weighted by Crippen LogP contribution is 2.25. The molecule has 5 heteroatoms. The summed E-state index contributed by atoms with van der Waals surface area (Å²) in [7, 11) is 0. The van der Waals surface area contributed by atoms with Gasteiger partial charge in [-0.25, -0.2) is 0 Å². The van der Waals surface area contributed by atoms with Gasteiger partial charge in [-0.05, 0) is 12.1 Å². The van der Waals surface area contributed by atoms with Crippen LogP contribution in [-0.4, -0.2) is 11.0 Å². The maximum absolute atomic E-state index is 10.7. The number of nitro groups is 1. The standard InChI is InChI=1S/C14H16N2O3/c1-10(2)15-9-13-6-7-14(19-13)11-4-3-5-12(8-11)16(17)18/h3-8,10,15H,9H2,1-2H3. The number of nitro benzene ring substituents is 1. The van der Waals surface area contributed by atoms with Gasteiger partial charge in [0.2, 0.25) is 0 Å². The van der Waals surface area contributed by atoms with Gasteiger partial charge in [-0.2, -0.15) is 0 Å². The Labute approximate surface area is 111 Å². The van der Waals surface area contributed by atoms with Crippen LogP contribution in [0, 0.1) is 10.1 Å². The SMILES string of the molecule is CC(C)NCc1ccc(-c2cccc([N+](=O)[O-])c2)o1. The van der Waals surface area contributed by atoms with Gasteiger partial charge in [0.1, 0.15) is 11.5 Å². The smallest absolute Gasteiger partial charge is 0.270 e. The summed E-state index contributed by atoms with van der Waals surface area (Å²) in [5.41, 5.74) is 0.778. The summed E-state index contributed by atoms with van der Waals surface area (Å²) < 4.78 is 5.67. The number of hydrogen-bond donors (Lipinski definition) is 1. The Hall–Kier alpha value is -2.14. The molecule has 0 unspecified atom stereocenters. The van der Waals surface area contributed by atoms with Crippen molar-refractivity contribution in [2.24, 2.45) is 0 Å². The molecular weight excluding hydrogens is 244 g/mol. The predicted octanol–water partition coefficient (Wildman–Crippen LogP) is 3.35. The van der Waals surface area contributed by atoms with E-state index in [1.807, 2.05) is 12.1 Å². The molecule has 0 aliphatic carbocycles. The zero-order valence-electron chi connectivity index (χ0n) is 10.9. The Morgan fingerprint density at radius 3 is 2.79 bits per heavy atom. The van der Waals surface area contributed by atoms with E-state index in [9.17, 15) is 10.1 Å². The van der Waals surface area contributed by atoms with Crippen LogP contribution in [0.1, 0.15) is 19.6 Å². The van der Waals surface area contributed by atoms with Crippen molar-refractivity contribution in [1.29, 1.82) is 0 Å². The summed E-state index contributed by atoms with van der Waals surface area (Å²) in [5.74, 6) is 1.46. The van der Waals surface area contributed by atoms with Crippen molar-refractivity contribution in [1.82, 2.24) is 5.32 Å². The first kappa shape index (κ1) is 13.3. The summed E-state index contributed by atoms with van der Waals surface area (Å²) in [5, 5.41) is 14.0. The number of nitrogens with one attached hydrogen (secondary N) is 1. The zero-order chi connectivity index (χ0) is 13.8. The lowest BCUT2D eigenvalue weighted by Crippen LogP contribution is -2.21. The van der Waals surface area contributed by atoms with Gasteiger partial charge in [0.05, 0.1) is 11.5 Å². The Morgan fingerprint density at radius 2 is 2.11 bits per heavy atom. The van der Waals surface area contributed by atoms with Gasteiger partial charge in [-0.15, -0.1) is 0 Å². The van der Waals surface area contributed by atoms with Crippen molar-refractivity contribution in [3.63, 3.8) is 0 Å². The quantitative estimate of drug-likeness (QED) is 0.661. The molecule has 0 atom stereocenters. The number of hydrogen-bond acceptors (Lipinski definition) is 4. The fourth-order valence-electron chi connectivity index (χ4n) is 1.71. The molecule has 5 nitrogen and oxygen atoms in total. The first-order chi connectivity index (χ1) is 9.06. The third kappa shape index (κ3) is 3.42. The summed E-state index contributed by atoms with van der Waals surface area (Å²) in [6.07, 6.45) is 0. The van der Waals surface area contributed by atoms with Crippen LogP contribution in [0.25, 0.3) is 11.3 Å². The molecule has 1 N–H and O–H groups in total. The molecule has 100 valence electrons. The molecule has 0 aliphatic heterocycles. The topological polar surface area (TPSA) is 68.3 Å². The van der Waals surface area contributed by atoms with E-state index in [2.05, 4.69) is 19.2 Å². The second-order valence-electron chi connectivity index (χ2n) is 4.61. The highest BCUT2D eigenvalue weighted by Gasteiger charge is 2.10. The van der Waals surface area contributed by atoms with E-state index in [1.165, 1.54) is 12.1 Å². The van der Waals surface area contributed by atoms with Crippen molar-refractivity contribution < 1.29 is 9.34 Å². The first-order valence-corrected chi connectivity index (χ1v) is 6.13. The summed E-state index contributed by atoms with van der Waals surface area (Å²) >= 11 is 0. The van der Waals surface area contributed by atoms with Gasteiger partial charge in [-0.3, -0.25) is 10.1 Å². The van der Waals surface area contributed by atoms with E-state index in [0.29, 0.717) is 23.9 Å². The third-order valence-corrected chi connectivity index (χ3v) is 2.69. The Bertz CT molecular complexity index is 576. The lowest BCUT2D eigenvalue weighted by molar-refractivity contribution is -0.384. The molecule has 0 bridgehead atoms. The van der Waals surface area contributed by atoms with Crippen LogP contribution in [0.2, 0.25) is 0 Å². The molecule has 0 radical (unpaired) electrons. The number of furan rings is 1. The molecule has 0 aliphatic rings. The van der Waals surface area contributed by atoms with E-state index >= 15 is 0 Å².